The highest BCUT2D eigenvalue weighted by Gasteiger charge is 2.35. The SMILES string of the molecule is COC1CC(N2C[CH]CCC2OC)CNC1N. The second kappa shape index (κ2) is 6.11. The average molecular weight is 242 g/mol. The summed E-state index contributed by atoms with van der Waals surface area (Å²) in [7, 11) is 3.52. The third kappa shape index (κ3) is 2.98. The summed E-state index contributed by atoms with van der Waals surface area (Å²) < 4.78 is 11.0. The van der Waals surface area contributed by atoms with Crippen LogP contribution in [0.25, 0.3) is 0 Å². The summed E-state index contributed by atoms with van der Waals surface area (Å²) in [6.45, 7) is 1.91. The van der Waals surface area contributed by atoms with Gasteiger partial charge in [-0.2, -0.15) is 0 Å². The lowest BCUT2D eigenvalue weighted by Crippen LogP contribution is -2.62. The molecule has 0 aromatic carbocycles. The van der Waals surface area contributed by atoms with Crippen LogP contribution in [-0.4, -0.2) is 56.7 Å². The molecule has 1 radical (unpaired) electrons. The molecule has 4 atom stereocenters. The molecule has 0 amide bonds. The molecular formula is C12H24N3O2. The molecule has 2 heterocycles. The number of piperidine rings is 2. The van der Waals surface area contributed by atoms with Gasteiger partial charge in [-0.3, -0.25) is 10.2 Å². The Kier molecular flexibility index (Phi) is 4.76. The Morgan fingerprint density at radius 1 is 1.35 bits per heavy atom. The van der Waals surface area contributed by atoms with Crippen LogP contribution in [0.15, 0.2) is 0 Å². The Balaban J connectivity index is 1.96. The minimum atomic E-state index is -0.0500. The number of hydrogen-bond acceptors (Lipinski definition) is 5. The molecule has 5 heteroatoms. The maximum atomic E-state index is 5.95. The first-order valence-electron chi connectivity index (χ1n) is 6.38. The molecule has 2 saturated heterocycles. The van der Waals surface area contributed by atoms with Crippen LogP contribution in [0.5, 0.6) is 0 Å². The molecule has 3 N–H and O–H groups in total. The molecule has 2 fully saturated rings. The standard InChI is InChI=1S/C12H24N3O2/c1-16-10-7-9(8-14-12(10)13)15-6-4-3-5-11(15)17-2/h4,9-12,14H,3,5-8,13H2,1-2H3. The number of likely N-dealkylation sites (tertiary alicyclic amines) is 1. The Hall–Kier alpha value is -0.200. The van der Waals surface area contributed by atoms with E-state index in [0.29, 0.717) is 6.04 Å². The van der Waals surface area contributed by atoms with Crippen LogP contribution in [0.1, 0.15) is 19.3 Å². The van der Waals surface area contributed by atoms with Gasteiger partial charge in [0, 0.05) is 33.4 Å². The highest BCUT2D eigenvalue weighted by atomic mass is 16.5. The summed E-state index contributed by atoms with van der Waals surface area (Å²) >= 11 is 0. The van der Waals surface area contributed by atoms with E-state index >= 15 is 0 Å². The van der Waals surface area contributed by atoms with Gasteiger partial charge >= 0.3 is 0 Å². The van der Waals surface area contributed by atoms with Crippen LogP contribution in [0.2, 0.25) is 0 Å². The lowest BCUT2D eigenvalue weighted by Gasteiger charge is -2.44. The quantitative estimate of drug-likeness (QED) is 0.725. The van der Waals surface area contributed by atoms with E-state index in [4.69, 9.17) is 15.2 Å². The Morgan fingerprint density at radius 3 is 2.88 bits per heavy atom. The van der Waals surface area contributed by atoms with Crippen LogP contribution < -0.4 is 11.1 Å². The first-order valence-corrected chi connectivity index (χ1v) is 6.38. The molecule has 4 unspecified atom stereocenters. The van der Waals surface area contributed by atoms with Crippen molar-refractivity contribution >= 4 is 0 Å². The number of nitrogens with two attached hydrogens (primary N) is 1. The molecular weight excluding hydrogens is 218 g/mol. The maximum Gasteiger partial charge on any atom is 0.110 e. The minimum Gasteiger partial charge on any atom is -0.378 e. The lowest BCUT2D eigenvalue weighted by atomic mass is 9.97. The van der Waals surface area contributed by atoms with Gasteiger partial charge in [0.1, 0.15) is 6.23 Å². The zero-order chi connectivity index (χ0) is 12.3. The predicted octanol–water partition coefficient (Wildman–Crippen LogP) is -0.0793. The number of nitrogens with one attached hydrogen (secondary N) is 1. The van der Waals surface area contributed by atoms with Gasteiger partial charge in [0.25, 0.3) is 0 Å². The molecule has 0 aromatic heterocycles. The molecule has 2 aliphatic heterocycles. The Morgan fingerprint density at radius 2 is 2.18 bits per heavy atom. The maximum absolute atomic E-state index is 5.95. The first-order chi connectivity index (χ1) is 8.26. The average Bonchev–Trinajstić information content (AvgIpc) is 2.39. The van der Waals surface area contributed by atoms with Gasteiger partial charge in [-0.25, -0.2) is 0 Å². The van der Waals surface area contributed by atoms with Crippen LogP contribution in [0.3, 0.4) is 0 Å². The van der Waals surface area contributed by atoms with Gasteiger partial charge in [0.2, 0.25) is 0 Å². The molecule has 17 heavy (non-hydrogen) atoms. The molecule has 0 bridgehead atoms. The highest BCUT2D eigenvalue weighted by molar-refractivity contribution is 4.92. The van der Waals surface area contributed by atoms with E-state index in [1.54, 1.807) is 14.2 Å². The molecule has 5 nitrogen and oxygen atoms in total. The van der Waals surface area contributed by atoms with Crippen molar-refractivity contribution in [2.45, 2.75) is 43.8 Å². The Labute approximate surface area is 104 Å². The van der Waals surface area contributed by atoms with Gasteiger partial charge in [-0.1, -0.05) is 0 Å². The van der Waals surface area contributed by atoms with E-state index in [-0.39, 0.29) is 18.5 Å². The largest absolute Gasteiger partial charge is 0.378 e. The van der Waals surface area contributed by atoms with Crippen LogP contribution >= 0.6 is 0 Å². The molecule has 2 aliphatic rings. The van der Waals surface area contributed by atoms with Gasteiger partial charge in [0.05, 0.1) is 12.3 Å². The topological polar surface area (TPSA) is 59.8 Å². The number of nitrogens with zero attached hydrogens (tertiary/aromatic N) is 1. The van der Waals surface area contributed by atoms with Crippen molar-refractivity contribution in [2.75, 3.05) is 27.3 Å². The number of hydrogen-bond donors (Lipinski definition) is 2. The second-order valence-corrected chi connectivity index (χ2v) is 4.85. The molecule has 2 rings (SSSR count). The number of methoxy groups -OCH3 is 2. The van der Waals surface area contributed by atoms with Gasteiger partial charge in [0.15, 0.2) is 0 Å². The van der Waals surface area contributed by atoms with E-state index in [1.807, 2.05) is 0 Å². The van der Waals surface area contributed by atoms with Crippen LogP contribution in [-0.2, 0) is 9.47 Å². The van der Waals surface area contributed by atoms with Crippen molar-refractivity contribution in [3.05, 3.63) is 6.42 Å². The number of rotatable bonds is 3. The first kappa shape index (κ1) is 13.2. The monoisotopic (exact) mass is 242 g/mol. The molecule has 0 spiro atoms. The summed E-state index contributed by atoms with van der Waals surface area (Å²) in [4.78, 5) is 2.41. The Bertz CT molecular complexity index is 240. The zero-order valence-electron chi connectivity index (χ0n) is 10.8. The van der Waals surface area contributed by atoms with E-state index in [0.717, 1.165) is 32.4 Å². The summed E-state index contributed by atoms with van der Waals surface area (Å²) in [5.41, 5.74) is 5.95. The van der Waals surface area contributed by atoms with Gasteiger partial charge in [-0.15, -0.1) is 0 Å². The van der Waals surface area contributed by atoms with E-state index < -0.39 is 0 Å². The zero-order valence-corrected chi connectivity index (χ0v) is 10.8. The second-order valence-electron chi connectivity index (χ2n) is 4.85. The van der Waals surface area contributed by atoms with Crippen molar-refractivity contribution < 1.29 is 9.47 Å². The van der Waals surface area contributed by atoms with Crippen molar-refractivity contribution in [1.82, 2.24) is 10.2 Å². The number of ether oxygens (including phenoxy) is 2. The third-order valence-electron chi connectivity index (χ3n) is 3.87. The summed E-state index contributed by atoms with van der Waals surface area (Å²) in [5, 5.41) is 3.32. The fourth-order valence-electron chi connectivity index (χ4n) is 2.82. The predicted molar refractivity (Wildman–Crippen MR) is 66.2 cm³/mol. The normalized spacial score (nSPS) is 40.4. The van der Waals surface area contributed by atoms with Crippen molar-refractivity contribution in [3.8, 4) is 0 Å². The van der Waals surface area contributed by atoms with Gasteiger partial charge < -0.3 is 15.2 Å². The van der Waals surface area contributed by atoms with E-state index in [9.17, 15) is 0 Å². The van der Waals surface area contributed by atoms with Crippen molar-refractivity contribution in [2.24, 2.45) is 5.73 Å². The molecule has 99 valence electrons. The van der Waals surface area contributed by atoms with Crippen molar-refractivity contribution in [1.29, 1.82) is 0 Å². The van der Waals surface area contributed by atoms with Gasteiger partial charge in [-0.05, 0) is 25.7 Å². The summed E-state index contributed by atoms with van der Waals surface area (Å²) in [6, 6.07) is 0.446. The fraction of sp³-hybridized carbons (Fsp3) is 0.917. The minimum absolute atomic E-state index is 0.0500. The third-order valence-corrected chi connectivity index (χ3v) is 3.87. The lowest BCUT2D eigenvalue weighted by molar-refractivity contribution is -0.0875. The molecule has 0 aromatic rings. The van der Waals surface area contributed by atoms with Crippen LogP contribution in [0.4, 0.5) is 0 Å². The molecule has 0 aliphatic carbocycles. The summed E-state index contributed by atoms with van der Waals surface area (Å²) in [6.07, 6.45) is 5.79. The highest BCUT2D eigenvalue weighted by Crippen LogP contribution is 2.24. The fourth-order valence-corrected chi connectivity index (χ4v) is 2.82. The molecule has 0 saturated carbocycles. The van der Waals surface area contributed by atoms with E-state index in [1.165, 1.54) is 0 Å². The van der Waals surface area contributed by atoms with E-state index in [2.05, 4.69) is 16.6 Å². The van der Waals surface area contributed by atoms with Crippen molar-refractivity contribution in [3.63, 3.8) is 0 Å². The summed E-state index contributed by atoms with van der Waals surface area (Å²) in [5.74, 6) is 0. The smallest absolute Gasteiger partial charge is 0.110 e. The van der Waals surface area contributed by atoms with Crippen LogP contribution in [0, 0.1) is 6.42 Å².